The highest BCUT2D eigenvalue weighted by molar-refractivity contribution is 8.00. The third-order valence-electron chi connectivity index (χ3n) is 3.83. The van der Waals surface area contributed by atoms with Crippen LogP contribution in [-0.4, -0.2) is 39.9 Å². The average molecular weight is 244 g/mol. The minimum atomic E-state index is -0.657. The second-order valence-electron chi connectivity index (χ2n) is 4.68. The lowest BCUT2D eigenvalue weighted by Crippen LogP contribution is -2.59. The van der Waals surface area contributed by atoms with Crippen molar-refractivity contribution in [2.45, 2.75) is 57.4 Å². The molecule has 2 unspecified atom stereocenters. The number of carbonyl (C=O) groups excluding carboxylic acids is 1. The summed E-state index contributed by atoms with van der Waals surface area (Å²) in [4.78, 5) is 14.4. The molecule has 0 aliphatic carbocycles. The van der Waals surface area contributed by atoms with Crippen LogP contribution in [0.5, 0.6) is 0 Å². The van der Waals surface area contributed by atoms with Crippen LogP contribution in [0.25, 0.3) is 0 Å². The van der Waals surface area contributed by atoms with E-state index in [0.717, 1.165) is 12.3 Å². The van der Waals surface area contributed by atoms with E-state index in [1.54, 1.807) is 0 Å². The van der Waals surface area contributed by atoms with Crippen LogP contribution in [0, 0.1) is 0 Å². The minimum absolute atomic E-state index is 0.136. The maximum absolute atomic E-state index is 12.4. The van der Waals surface area contributed by atoms with Gasteiger partial charge in [0, 0.05) is 23.6 Å². The molecule has 2 atom stereocenters. The van der Waals surface area contributed by atoms with Gasteiger partial charge in [-0.15, -0.1) is 0 Å². The number of hydrogen-bond acceptors (Lipinski definition) is 3. The Morgan fingerprint density at radius 2 is 2.00 bits per heavy atom. The first kappa shape index (κ1) is 13.8. The van der Waals surface area contributed by atoms with Crippen LogP contribution in [0.15, 0.2) is 0 Å². The molecule has 0 aromatic heterocycles. The first-order valence-electron chi connectivity index (χ1n) is 6.17. The Bertz CT molecular complexity index is 253. The van der Waals surface area contributed by atoms with E-state index in [1.807, 2.05) is 30.5 Å². The van der Waals surface area contributed by atoms with Gasteiger partial charge in [0.05, 0.1) is 5.54 Å². The van der Waals surface area contributed by atoms with Crippen LogP contribution in [0.1, 0.15) is 40.5 Å². The molecule has 1 aliphatic heterocycles. The molecule has 4 heteroatoms. The molecule has 94 valence electrons. The van der Waals surface area contributed by atoms with Gasteiger partial charge >= 0.3 is 0 Å². The largest absolute Gasteiger partial charge is 0.336 e. The molecule has 1 saturated heterocycles. The molecule has 1 heterocycles. The van der Waals surface area contributed by atoms with Crippen LogP contribution in [-0.2, 0) is 4.79 Å². The molecule has 1 rings (SSSR count). The van der Waals surface area contributed by atoms with Gasteiger partial charge < -0.3 is 10.6 Å². The smallest absolute Gasteiger partial charge is 0.242 e. The van der Waals surface area contributed by atoms with Crippen molar-refractivity contribution in [3.05, 3.63) is 0 Å². The van der Waals surface area contributed by atoms with E-state index in [9.17, 15) is 4.79 Å². The monoisotopic (exact) mass is 244 g/mol. The van der Waals surface area contributed by atoms with Crippen molar-refractivity contribution in [3.63, 3.8) is 0 Å². The predicted molar refractivity (Wildman–Crippen MR) is 70.6 cm³/mol. The van der Waals surface area contributed by atoms with Crippen molar-refractivity contribution in [3.8, 4) is 0 Å². The fraction of sp³-hybridized carbons (Fsp3) is 0.917. The summed E-state index contributed by atoms with van der Waals surface area (Å²) < 4.78 is 0. The van der Waals surface area contributed by atoms with Gasteiger partial charge in [-0.05, 0) is 19.8 Å². The molecule has 0 spiro atoms. The van der Waals surface area contributed by atoms with E-state index in [-0.39, 0.29) is 5.91 Å². The summed E-state index contributed by atoms with van der Waals surface area (Å²) in [5.74, 6) is 1.16. The predicted octanol–water partition coefficient (Wildman–Crippen LogP) is 1.86. The number of thioether (sulfide) groups is 1. The number of amides is 1. The highest BCUT2D eigenvalue weighted by Gasteiger charge is 2.38. The van der Waals surface area contributed by atoms with Crippen molar-refractivity contribution in [2.75, 3.05) is 12.3 Å². The zero-order chi connectivity index (χ0) is 12.3. The first-order chi connectivity index (χ1) is 7.46. The van der Waals surface area contributed by atoms with Gasteiger partial charge in [-0.1, -0.05) is 20.8 Å². The highest BCUT2D eigenvalue weighted by Crippen LogP contribution is 2.27. The van der Waals surface area contributed by atoms with Crippen molar-refractivity contribution in [1.82, 2.24) is 4.90 Å². The van der Waals surface area contributed by atoms with Crippen molar-refractivity contribution >= 4 is 17.7 Å². The molecule has 16 heavy (non-hydrogen) atoms. The third-order valence-corrected chi connectivity index (χ3v) is 5.17. The highest BCUT2D eigenvalue weighted by atomic mass is 32.2. The fourth-order valence-corrected chi connectivity index (χ4v) is 3.16. The number of carbonyl (C=O) groups is 1. The number of nitrogens with zero attached hydrogens (tertiary/aromatic N) is 1. The van der Waals surface area contributed by atoms with Gasteiger partial charge in [0.15, 0.2) is 0 Å². The SMILES string of the molecule is CCC(N)(CC)C(=O)N1CCSC(C)C1C. The molecule has 3 nitrogen and oxygen atoms in total. The number of rotatable bonds is 3. The minimum Gasteiger partial charge on any atom is -0.336 e. The van der Waals surface area contributed by atoms with Gasteiger partial charge in [0.25, 0.3) is 0 Å². The molecule has 0 bridgehead atoms. The number of hydrogen-bond donors (Lipinski definition) is 1. The van der Waals surface area contributed by atoms with Gasteiger partial charge in [0.1, 0.15) is 0 Å². The molecule has 0 saturated carbocycles. The lowest BCUT2D eigenvalue weighted by molar-refractivity contribution is -0.139. The van der Waals surface area contributed by atoms with Crippen molar-refractivity contribution < 1.29 is 4.79 Å². The molecular formula is C12H24N2OS. The molecule has 0 radical (unpaired) electrons. The normalized spacial score (nSPS) is 26.9. The molecule has 1 fully saturated rings. The Morgan fingerprint density at radius 1 is 1.44 bits per heavy atom. The standard InChI is InChI=1S/C12H24N2OS/c1-5-12(13,6-2)11(15)14-7-8-16-10(4)9(14)3/h9-10H,5-8,13H2,1-4H3. The van der Waals surface area contributed by atoms with E-state index in [1.165, 1.54) is 0 Å². The second kappa shape index (κ2) is 5.41. The Hall–Kier alpha value is -0.220. The van der Waals surface area contributed by atoms with Crippen molar-refractivity contribution in [1.29, 1.82) is 0 Å². The zero-order valence-corrected chi connectivity index (χ0v) is 11.6. The van der Waals surface area contributed by atoms with Gasteiger partial charge in [-0.25, -0.2) is 0 Å². The Balaban J connectivity index is 2.79. The summed E-state index contributed by atoms with van der Waals surface area (Å²) in [5.41, 5.74) is 5.52. The van der Waals surface area contributed by atoms with Crippen LogP contribution in [0.4, 0.5) is 0 Å². The van der Waals surface area contributed by atoms with Gasteiger partial charge in [-0.2, -0.15) is 11.8 Å². The summed E-state index contributed by atoms with van der Waals surface area (Å²) >= 11 is 1.94. The third kappa shape index (κ3) is 2.54. The van der Waals surface area contributed by atoms with Crippen LogP contribution in [0.2, 0.25) is 0 Å². The molecular weight excluding hydrogens is 220 g/mol. The summed E-state index contributed by atoms with van der Waals surface area (Å²) in [6.07, 6.45) is 1.43. The molecule has 1 aliphatic rings. The van der Waals surface area contributed by atoms with Gasteiger partial charge in [-0.3, -0.25) is 4.79 Å². The van der Waals surface area contributed by atoms with E-state index < -0.39 is 5.54 Å². The van der Waals surface area contributed by atoms with Crippen LogP contribution >= 0.6 is 11.8 Å². The zero-order valence-electron chi connectivity index (χ0n) is 10.8. The fourth-order valence-electron chi connectivity index (χ4n) is 2.06. The quantitative estimate of drug-likeness (QED) is 0.824. The maximum Gasteiger partial charge on any atom is 0.242 e. The lowest BCUT2D eigenvalue weighted by Gasteiger charge is -2.42. The first-order valence-corrected chi connectivity index (χ1v) is 7.22. The number of nitrogens with two attached hydrogens (primary N) is 1. The van der Waals surface area contributed by atoms with E-state index in [2.05, 4.69) is 13.8 Å². The van der Waals surface area contributed by atoms with E-state index in [4.69, 9.17) is 5.73 Å². The lowest BCUT2D eigenvalue weighted by atomic mass is 9.91. The van der Waals surface area contributed by atoms with Crippen LogP contribution in [0.3, 0.4) is 0 Å². The molecule has 1 amide bonds. The molecule has 0 aromatic carbocycles. The summed E-state index contributed by atoms with van der Waals surface area (Å²) in [6.45, 7) is 9.14. The Kier molecular flexibility index (Phi) is 4.68. The second-order valence-corrected chi connectivity index (χ2v) is 6.16. The van der Waals surface area contributed by atoms with Crippen LogP contribution < -0.4 is 5.73 Å². The Morgan fingerprint density at radius 3 is 2.50 bits per heavy atom. The topological polar surface area (TPSA) is 46.3 Å². The molecule has 2 N–H and O–H groups in total. The Labute approximate surface area is 103 Å². The van der Waals surface area contributed by atoms with E-state index >= 15 is 0 Å². The summed E-state index contributed by atoms with van der Waals surface area (Å²) in [7, 11) is 0. The van der Waals surface area contributed by atoms with E-state index in [0.29, 0.717) is 24.1 Å². The average Bonchev–Trinajstić information content (AvgIpc) is 2.31. The van der Waals surface area contributed by atoms with Gasteiger partial charge in [0.2, 0.25) is 5.91 Å². The molecule has 0 aromatic rings. The maximum atomic E-state index is 12.4. The summed E-state index contributed by atoms with van der Waals surface area (Å²) in [6, 6.07) is 0.298. The van der Waals surface area contributed by atoms with Crippen molar-refractivity contribution in [2.24, 2.45) is 5.73 Å². The summed E-state index contributed by atoms with van der Waals surface area (Å²) in [5, 5.41) is 0.510.